The number of pyridine rings is 2. The highest BCUT2D eigenvalue weighted by Gasteiger charge is 2.20. The van der Waals surface area contributed by atoms with Crippen LogP contribution in [0.4, 0.5) is 10.1 Å². The second kappa shape index (κ2) is 6.29. The molecule has 0 saturated carbocycles. The van der Waals surface area contributed by atoms with Gasteiger partial charge in [-0.3, -0.25) is 4.79 Å². The highest BCUT2D eigenvalue weighted by atomic mass is 19.1. The number of hydroxylamine groups is 2. The van der Waals surface area contributed by atoms with Gasteiger partial charge in [-0.25, -0.2) is 14.2 Å². The summed E-state index contributed by atoms with van der Waals surface area (Å²) in [5.74, 6) is -1.77. The van der Waals surface area contributed by atoms with E-state index in [4.69, 9.17) is 0 Å². The zero-order valence-corrected chi connectivity index (χ0v) is 14.5. The van der Waals surface area contributed by atoms with E-state index < -0.39 is 17.2 Å². The number of rotatable bonds is 2. The van der Waals surface area contributed by atoms with Gasteiger partial charge in [-0.2, -0.15) is 5.06 Å². The Bertz CT molecular complexity index is 1140. The average Bonchev–Trinajstić information content (AvgIpc) is 2.63. The molecule has 1 fully saturated rings. The summed E-state index contributed by atoms with van der Waals surface area (Å²) in [6.45, 7) is 1.78. The normalized spacial score (nSPS) is 15.6. The SMILES string of the molecule is Cn1cc(C(=O)O)c(=O)c2cc3cc(F)c(N4CCN(O)CC4)cc3nc21. The van der Waals surface area contributed by atoms with E-state index in [9.17, 15) is 24.3 Å². The maximum absolute atomic E-state index is 14.7. The van der Waals surface area contributed by atoms with Crippen molar-refractivity contribution in [1.82, 2.24) is 14.6 Å². The van der Waals surface area contributed by atoms with E-state index in [1.165, 1.54) is 28.0 Å². The molecule has 0 atom stereocenters. The first kappa shape index (κ1) is 17.4. The van der Waals surface area contributed by atoms with Crippen LogP contribution < -0.4 is 10.3 Å². The van der Waals surface area contributed by atoms with E-state index in [-0.39, 0.29) is 10.9 Å². The van der Waals surface area contributed by atoms with Gasteiger partial charge in [0.05, 0.1) is 16.6 Å². The number of hydrogen-bond acceptors (Lipinski definition) is 6. The smallest absolute Gasteiger partial charge is 0.341 e. The molecular formula is C18H17FN4O4. The highest BCUT2D eigenvalue weighted by molar-refractivity contribution is 5.96. The predicted octanol–water partition coefficient (Wildman–Crippen LogP) is 1.44. The van der Waals surface area contributed by atoms with Crippen LogP contribution in [-0.4, -0.2) is 57.1 Å². The first-order valence-electron chi connectivity index (χ1n) is 8.41. The number of aromatic carboxylic acids is 1. The van der Waals surface area contributed by atoms with Crippen LogP contribution >= 0.6 is 0 Å². The molecular weight excluding hydrogens is 355 g/mol. The van der Waals surface area contributed by atoms with Gasteiger partial charge in [-0.05, 0) is 18.2 Å². The zero-order valence-electron chi connectivity index (χ0n) is 14.5. The first-order chi connectivity index (χ1) is 12.8. The molecule has 0 aliphatic carbocycles. The van der Waals surface area contributed by atoms with E-state index in [0.29, 0.717) is 48.4 Å². The third kappa shape index (κ3) is 2.90. The van der Waals surface area contributed by atoms with Crippen molar-refractivity contribution in [2.45, 2.75) is 0 Å². The molecule has 4 rings (SSSR count). The molecule has 2 aromatic heterocycles. The third-order valence-corrected chi connectivity index (χ3v) is 4.84. The van der Waals surface area contributed by atoms with Crippen LogP contribution in [0.5, 0.6) is 0 Å². The number of piperazine rings is 1. The number of aryl methyl sites for hydroxylation is 1. The number of benzene rings is 1. The van der Waals surface area contributed by atoms with Crippen molar-refractivity contribution in [2.75, 3.05) is 31.1 Å². The van der Waals surface area contributed by atoms with E-state index in [0.717, 1.165) is 0 Å². The largest absolute Gasteiger partial charge is 0.477 e. The minimum absolute atomic E-state index is 0.131. The number of halogens is 1. The van der Waals surface area contributed by atoms with E-state index >= 15 is 0 Å². The number of hydrogen-bond donors (Lipinski definition) is 2. The summed E-state index contributed by atoms with van der Waals surface area (Å²) in [4.78, 5) is 30.0. The molecule has 0 radical (unpaired) electrons. The number of nitrogens with zero attached hydrogens (tertiary/aromatic N) is 4. The molecule has 0 bridgehead atoms. The Morgan fingerprint density at radius 1 is 1.19 bits per heavy atom. The van der Waals surface area contributed by atoms with Crippen molar-refractivity contribution < 1.29 is 19.5 Å². The molecule has 1 aromatic carbocycles. The summed E-state index contributed by atoms with van der Waals surface area (Å²) < 4.78 is 16.1. The Balaban J connectivity index is 1.91. The van der Waals surface area contributed by atoms with Gasteiger partial charge in [0.1, 0.15) is 17.0 Å². The number of anilines is 1. The fourth-order valence-corrected chi connectivity index (χ4v) is 3.40. The van der Waals surface area contributed by atoms with E-state index in [1.54, 1.807) is 13.1 Å². The van der Waals surface area contributed by atoms with Crippen LogP contribution in [0.15, 0.2) is 29.2 Å². The number of carbonyl (C=O) groups is 1. The summed E-state index contributed by atoms with van der Waals surface area (Å²) in [5, 5.41) is 20.4. The van der Waals surface area contributed by atoms with E-state index in [1.807, 2.05) is 4.90 Å². The average molecular weight is 372 g/mol. The summed E-state index contributed by atoms with van der Waals surface area (Å²) >= 11 is 0. The summed E-state index contributed by atoms with van der Waals surface area (Å²) in [6, 6.07) is 4.40. The van der Waals surface area contributed by atoms with Crippen LogP contribution in [0.3, 0.4) is 0 Å². The van der Waals surface area contributed by atoms with E-state index in [2.05, 4.69) is 4.98 Å². The number of carboxylic acid groups (broad SMARTS) is 1. The fourth-order valence-electron chi connectivity index (χ4n) is 3.40. The maximum atomic E-state index is 14.7. The second-order valence-electron chi connectivity index (χ2n) is 6.58. The van der Waals surface area contributed by atoms with Crippen LogP contribution in [0, 0.1) is 5.82 Å². The molecule has 9 heteroatoms. The highest BCUT2D eigenvalue weighted by Crippen LogP contribution is 2.27. The zero-order chi connectivity index (χ0) is 19.3. The number of aromatic nitrogens is 2. The second-order valence-corrected chi connectivity index (χ2v) is 6.58. The van der Waals surface area contributed by atoms with Crippen molar-refractivity contribution in [3.63, 3.8) is 0 Å². The van der Waals surface area contributed by atoms with Gasteiger partial charge in [-0.1, -0.05) is 0 Å². The molecule has 8 nitrogen and oxygen atoms in total. The molecule has 0 unspecified atom stereocenters. The topological polar surface area (TPSA) is 98.9 Å². The van der Waals surface area contributed by atoms with Gasteiger partial charge in [0.15, 0.2) is 0 Å². The van der Waals surface area contributed by atoms with Crippen LogP contribution in [0.2, 0.25) is 0 Å². The maximum Gasteiger partial charge on any atom is 0.341 e. The molecule has 140 valence electrons. The van der Waals surface area contributed by atoms with Gasteiger partial charge in [0.25, 0.3) is 0 Å². The molecule has 0 amide bonds. The summed E-state index contributed by atoms with van der Waals surface area (Å²) in [7, 11) is 1.61. The predicted molar refractivity (Wildman–Crippen MR) is 97.0 cm³/mol. The molecule has 3 aromatic rings. The Morgan fingerprint density at radius 2 is 1.89 bits per heavy atom. The molecule has 0 spiro atoms. The molecule has 1 aliphatic rings. The van der Waals surface area contributed by atoms with Crippen molar-refractivity contribution >= 4 is 33.6 Å². The first-order valence-corrected chi connectivity index (χ1v) is 8.41. The van der Waals surface area contributed by atoms with Crippen LogP contribution in [0.1, 0.15) is 10.4 Å². The van der Waals surface area contributed by atoms with Crippen LogP contribution in [-0.2, 0) is 7.05 Å². The van der Waals surface area contributed by atoms with Gasteiger partial charge in [-0.15, -0.1) is 0 Å². The van der Waals surface area contributed by atoms with Crippen molar-refractivity contribution in [3.05, 3.63) is 46.0 Å². The van der Waals surface area contributed by atoms with Gasteiger partial charge < -0.3 is 19.8 Å². The molecule has 1 aliphatic heterocycles. The quantitative estimate of drug-likeness (QED) is 0.657. The molecule has 1 saturated heterocycles. The van der Waals surface area contributed by atoms with Crippen molar-refractivity contribution in [1.29, 1.82) is 0 Å². The number of fused-ring (bicyclic) bond motifs is 2. The van der Waals surface area contributed by atoms with Crippen molar-refractivity contribution in [3.8, 4) is 0 Å². The minimum Gasteiger partial charge on any atom is -0.477 e. The third-order valence-electron chi connectivity index (χ3n) is 4.84. The molecule has 2 N–H and O–H groups in total. The molecule has 27 heavy (non-hydrogen) atoms. The Hall–Kier alpha value is -3.04. The van der Waals surface area contributed by atoms with Crippen molar-refractivity contribution in [2.24, 2.45) is 7.05 Å². The minimum atomic E-state index is -1.32. The number of carboxylic acids is 1. The Morgan fingerprint density at radius 3 is 2.56 bits per heavy atom. The lowest BCUT2D eigenvalue weighted by Crippen LogP contribution is -2.45. The van der Waals surface area contributed by atoms with Gasteiger partial charge in [0.2, 0.25) is 5.43 Å². The lowest BCUT2D eigenvalue weighted by atomic mass is 10.1. The standard InChI is InChI=1S/C18H17FN4O4/c1-21-9-12(18(25)26)16(24)11-6-10-7-13(19)15(8-14(10)20-17(11)21)22-2-4-23(27)5-3-22/h6-9,27H,2-5H2,1H3,(H,25,26). The Kier molecular flexibility index (Phi) is 4.05. The lowest BCUT2D eigenvalue weighted by Gasteiger charge is -2.33. The van der Waals surface area contributed by atoms with Gasteiger partial charge >= 0.3 is 5.97 Å². The molecule has 3 heterocycles. The summed E-state index contributed by atoms with van der Waals surface area (Å²) in [6.07, 6.45) is 1.23. The Labute approximate surface area is 152 Å². The fraction of sp³-hybridized carbons (Fsp3) is 0.278. The lowest BCUT2D eigenvalue weighted by molar-refractivity contribution is -0.0936. The summed E-state index contributed by atoms with van der Waals surface area (Å²) in [5.41, 5.74) is 0.215. The van der Waals surface area contributed by atoms with Crippen LogP contribution in [0.25, 0.3) is 21.9 Å². The monoisotopic (exact) mass is 372 g/mol. The van der Waals surface area contributed by atoms with Gasteiger partial charge in [0, 0.05) is 44.8 Å².